The molecule has 1 aliphatic heterocycles. The Morgan fingerprint density at radius 2 is 2.35 bits per heavy atom. The lowest BCUT2D eigenvalue weighted by Crippen LogP contribution is -2.49. The quantitative estimate of drug-likeness (QED) is 0.839. The van der Waals surface area contributed by atoms with E-state index < -0.39 is 29.3 Å². The monoisotopic (exact) mass is 319 g/mol. The molecule has 1 saturated heterocycles. The normalized spacial score (nSPS) is 19.7. The molecule has 0 radical (unpaired) electrons. The Hall–Kier alpha value is -2.97. The van der Waals surface area contributed by atoms with Gasteiger partial charge in [-0.2, -0.15) is 5.10 Å². The summed E-state index contributed by atoms with van der Waals surface area (Å²) in [5, 5.41) is 6.32. The number of nitrogens with zero attached hydrogens (tertiary/aromatic N) is 3. The Labute approximate surface area is 130 Å². The van der Waals surface area contributed by atoms with Crippen molar-refractivity contribution in [2.45, 2.75) is 18.4 Å². The standard InChI is InChI=1S/C14H14FN5O3/c1-14(12(16)21,11-5-18-13(22)23-11)8-2-3-10(9(15)4-8)20-7-17-6-19-20/h2-4,6-7,11H,5H2,1H3,(H2,16,21)(H,18,22). The number of benzene rings is 1. The summed E-state index contributed by atoms with van der Waals surface area (Å²) in [6, 6.07) is 4.20. The van der Waals surface area contributed by atoms with Gasteiger partial charge in [-0.3, -0.25) is 4.79 Å². The third-order valence-corrected chi connectivity index (χ3v) is 4.05. The SMILES string of the molecule is CC(C(N)=O)(c1ccc(-n2cncn2)c(F)c1)C1CNC(=O)O1. The van der Waals surface area contributed by atoms with Crippen molar-refractivity contribution in [1.82, 2.24) is 20.1 Å². The van der Waals surface area contributed by atoms with Crippen LogP contribution in [0.2, 0.25) is 0 Å². The van der Waals surface area contributed by atoms with Gasteiger partial charge in [0.05, 0.1) is 6.54 Å². The van der Waals surface area contributed by atoms with E-state index in [0.717, 1.165) is 0 Å². The highest BCUT2D eigenvalue weighted by Crippen LogP contribution is 2.32. The maximum atomic E-state index is 14.4. The first kappa shape index (κ1) is 14.9. The number of hydrogen-bond acceptors (Lipinski definition) is 5. The summed E-state index contributed by atoms with van der Waals surface area (Å²) in [5.74, 6) is -1.32. The number of primary amides is 1. The molecule has 1 fully saturated rings. The summed E-state index contributed by atoms with van der Waals surface area (Å²) < 4.78 is 20.8. The van der Waals surface area contributed by atoms with Gasteiger partial charge in [-0.15, -0.1) is 0 Å². The van der Waals surface area contributed by atoms with Crippen molar-refractivity contribution in [3.8, 4) is 5.69 Å². The van der Waals surface area contributed by atoms with Crippen LogP contribution in [0, 0.1) is 5.82 Å². The first-order valence-corrected chi connectivity index (χ1v) is 6.82. The molecule has 2 aromatic rings. The minimum atomic E-state index is -1.36. The van der Waals surface area contributed by atoms with Crippen molar-refractivity contribution in [3.63, 3.8) is 0 Å². The Morgan fingerprint density at radius 3 is 2.87 bits per heavy atom. The topological polar surface area (TPSA) is 112 Å². The van der Waals surface area contributed by atoms with Gasteiger partial charge in [0.2, 0.25) is 5.91 Å². The van der Waals surface area contributed by atoms with Gasteiger partial charge in [0, 0.05) is 0 Å². The Morgan fingerprint density at radius 1 is 1.57 bits per heavy atom. The average molecular weight is 319 g/mol. The van der Waals surface area contributed by atoms with Crippen molar-refractivity contribution in [2.75, 3.05) is 6.54 Å². The van der Waals surface area contributed by atoms with Crippen molar-refractivity contribution in [2.24, 2.45) is 5.73 Å². The molecule has 2 amide bonds. The molecular formula is C14H14FN5O3. The number of carbonyl (C=O) groups excluding carboxylic acids is 2. The molecule has 2 heterocycles. The zero-order valence-electron chi connectivity index (χ0n) is 12.2. The van der Waals surface area contributed by atoms with Gasteiger partial charge in [-0.05, 0) is 24.6 Å². The molecule has 0 spiro atoms. The highest BCUT2D eigenvalue weighted by Gasteiger charge is 2.47. The second kappa shape index (κ2) is 5.34. The van der Waals surface area contributed by atoms with Crippen LogP contribution >= 0.6 is 0 Å². The Bertz CT molecular complexity index is 764. The van der Waals surface area contributed by atoms with Crippen molar-refractivity contribution >= 4 is 12.0 Å². The number of nitrogens with two attached hydrogens (primary N) is 1. The zero-order valence-corrected chi connectivity index (χ0v) is 12.2. The van der Waals surface area contributed by atoms with E-state index in [-0.39, 0.29) is 12.2 Å². The van der Waals surface area contributed by atoms with Gasteiger partial charge < -0.3 is 15.8 Å². The predicted molar refractivity (Wildman–Crippen MR) is 76.1 cm³/mol. The molecule has 1 aromatic heterocycles. The molecule has 23 heavy (non-hydrogen) atoms. The summed E-state index contributed by atoms with van der Waals surface area (Å²) in [7, 11) is 0. The second-order valence-electron chi connectivity index (χ2n) is 5.35. The Kier molecular flexibility index (Phi) is 3.47. The number of alkyl carbamates (subject to hydrolysis) is 1. The number of ether oxygens (including phenoxy) is 1. The summed E-state index contributed by atoms with van der Waals surface area (Å²) in [6.45, 7) is 1.63. The fourth-order valence-corrected chi connectivity index (χ4v) is 2.55. The van der Waals surface area contributed by atoms with Crippen LogP contribution in [0.15, 0.2) is 30.9 Å². The third-order valence-electron chi connectivity index (χ3n) is 4.05. The number of aromatic nitrogens is 3. The van der Waals surface area contributed by atoms with Gasteiger partial charge >= 0.3 is 6.09 Å². The minimum absolute atomic E-state index is 0.116. The van der Waals surface area contributed by atoms with Crippen molar-refractivity contribution in [1.29, 1.82) is 0 Å². The number of cyclic esters (lactones) is 1. The van der Waals surface area contributed by atoms with Crippen LogP contribution in [-0.4, -0.2) is 39.4 Å². The lowest BCUT2D eigenvalue weighted by Gasteiger charge is -2.31. The van der Waals surface area contributed by atoms with E-state index in [2.05, 4.69) is 15.4 Å². The van der Waals surface area contributed by atoms with Crippen LogP contribution in [0.4, 0.5) is 9.18 Å². The molecule has 3 N–H and O–H groups in total. The van der Waals surface area contributed by atoms with E-state index in [1.54, 1.807) is 6.07 Å². The van der Waals surface area contributed by atoms with Crippen LogP contribution in [0.5, 0.6) is 0 Å². The van der Waals surface area contributed by atoms with Gasteiger partial charge in [-0.25, -0.2) is 18.9 Å². The van der Waals surface area contributed by atoms with Crippen molar-refractivity contribution < 1.29 is 18.7 Å². The van der Waals surface area contributed by atoms with Crippen LogP contribution < -0.4 is 11.1 Å². The third kappa shape index (κ3) is 2.39. The first-order valence-electron chi connectivity index (χ1n) is 6.82. The van der Waals surface area contributed by atoms with E-state index >= 15 is 0 Å². The fourth-order valence-electron chi connectivity index (χ4n) is 2.55. The number of hydrogen-bond donors (Lipinski definition) is 2. The maximum Gasteiger partial charge on any atom is 0.407 e. The molecule has 2 unspecified atom stereocenters. The summed E-state index contributed by atoms with van der Waals surface area (Å²) in [5.41, 5.74) is 4.64. The van der Waals surface area contributed by atoms with Crippen LogP contribution in [0.1, 0.15) is 12.5 Å². The van der Waals surface area contributed by atoms with E-state index in [1.165, 1.54) is 36.4 Å². The second-order valence-corrected chi connectivity index (χ2v) is 5.35. The molecule has 1 aliphatic rings. The smallest absolute Gasteiger partial charge is 0.407 e. The van der Waals surface area contributed by atoms with E-state index in [4.69, 9.17) is 10.5 Å². The predicted octanol–water partition coefficient (Wildman–Crippen LogP) is 0.258. The van der Waals surface area contributed by atoms with E-state index in [1.807, 2.05) is 0 Å². The molecule has 9 heteroatoms. The van der Waals surface area contributed by atoms with Gasteiger partial charge in [0.25, 0.3) is 0 Å². The number of amides is 2. The molecule has 0 bridgehead atoms. The highest BCUT2D eigenvalue weighted by atomic mass is 19.1. The molecule has 0 saturated carbocycles. The average Bonchev–Trinajstić information content (AvgIpc) is 3.17. The zero-order chi connectivity index (χ0) is 16.6. The summed E-state index contributed by atoms with van der Waals surface area (Å²) in [6.07, 6.45) is 1.18. The van der Waals surface area contributed by atoms with Crippen LogP contribution in [0.3, 0.4) is 0 Å². The highest BCUT2D eigenvalue weighted by molar-refractivity contribution is 5.88. The largest absolute Gasteiger partial charge is 0.443 e. The summed E-state index contributed by atoms with van der Waals surface area (Å²) >= 11 is 0. The Balaban J connectivity index is 2.02. The molecule has 0 aliphatic carbocycles. The lowest BCUT2D eigenvalue weighted by atomic mass is 9.76. The molecule has 2 atom stereocenters. The fraction of sp³-hybridized carbons (Fsp3) is 0.286. The van der Waals surface area contributed by atoms with E-state index in [0.29, 0.717) is 5.56 Å². The van der Waals surface area contributed by atoms with E-state index in [9.17, 15) is 14.0 Å². The number of halogens is 1. The minimum Gasteiger partial charge on any atom is -0.443 e. The molecule has 120 valence electrons. The first-order chi connectivity index (χ1) is 10.9. The molecule has 1 aromatic carbocycles. The van der Waals surface area contributed by atoms with Gasteiger partial charge in [0.1, 0.15) is 35.7 Å². The number of carbonyl (C=O) groups is 2. The van der Waals surface area contributed by atoms with Crippen LogP contribution in [-0.2, 0) is 14.9 Å². The van der Waals surface area contributed by atoms with Gasteiger partial charge in [0.15, 0.2) is 0 Å². The lowest BCUT2D eigenvalue weighted by molar-refractivity contribution is -0.126. The summed E-state index contributed by atoms with van der Waals surface area (Å²) in [4.78, 5) is 27.0. The molecular weight excluding hydrogens is 305 g/mol. The number of nitrogens with one attached hydrogen (secondary N) is 1. The van der Waals surface area contributed by atoms with Crippen LogP contribution in [0.25, 0.3) is 5.69 Å². The number of rotatable bonds is 4. The maximum absolute atomic E-state index is 14.4. The van der Waals surface area contributed by atoms with Gasteiger partial charge in [-0.1, -0.05) is 6.07 Å². The molecule has 8 nitrogen and oxygen atoms in total. The molecule has 3 rings (SSSR count). The van der Waals surface area contributed by atoms with Crippen molar-refractivity contribution in [3.05, 3.63) is 42.2 Å².